The van der Waals surface area contributed by atoms with Crippen LogP contribution in [0.5, 0.6) is 0 Å². The van der Waals surface area contributed by atoms with E-state index in [0.29, 0.717) is 16.8 Å². The predicted molar refractivity (Wildman–Crippen MR) is 82.6 cm³/mol. The molecule has 112 valence electrons. The summed E-state index contributed by atoms with van der Waals surface area (Å²) in [7, 11) is 4.29. The Morgan fingerprint density at radius 2 is 2.25 bits per heavy atom. The van der Waals surface area contributed by atoms with Gasteiger partial charge < -0.3 is 4.90 Å². The molecule has 0 saturated carbocycles. The van der Waals surface area contributed by atoms with Gasteiger partial charge in [0.2, 0.25) is 0 Å². The van der Waals surface area contributed by atoms with Crippen LogP contribution in [0.15, 0.2) is 6.07 Å². The second-order valence-electron chi connectivity index (χ2n) is 5.87. The highest BCUT2D eigenvalue weighted by atomic mass is 32.1. The minimum Gasteiger partial charge on any atom is -0.305 e. The summed E-state index contributed by atoms with van der Waals surface area (Å²) < 4.78 is 0. The van der Waals surface area contributed by atoms with Crippen molar-refractivity contribution in [3.8, 4) is 0 Å². The highest BCUT2D eigenvalue weighted by Crippen LogP contribution is 2.26. The van der Waals surface area contributed by atoms with Gasteiger partial charge in [-0.05, 0) is 38.6 Å². The number of rotatable bonds is 4. The van der Waals surface area contributed by atoms with E-state index in [2.05, 4.69) is 43.2 Å². The molecule has 1 amide bonds. The Morgan fingerprint density at radius 3 is 2.80 bits per heavy atom. The van der Waals surface area contributed by atoms with E-state index in [1.807, 2.05) is 6.07 Å². The van der Waals surface area contributed by atoms with Gasteiger partial charge in [-0.1, -0.05) is 6.92 Å². The van der Waals surface area contributed by atoms with Gasteiger partial charge in [0.15, 0.2) is 0 Å². The number of hydrazine groups is 1. The molecule has 5 nitrogen and oxygen atoms in total. The van der Waals surface area contributed by atoms with E-state index in [1.54, 1.807) is 0 Å². The van der Waals surface area contributed by atoms with Crippen LogP contribution < -0.4 is 11.3 Å². The van der Waals surface area contributed by atoms with Crippen LogP contribution in [0.4, 0.5) is 0 Å². The fourth-order valence-corrected chi connectivity index (χ4v) is 3.89. The molecule has 0 radical (unpaired) electrons. The number of carbonyl (C=O) groups excluding carboxylic acids is 1. The lowest BCUT2D eigenvalue weighted by Gasteiger charge is -2.22. The van der Waals surface area contributed by atoms with E-state index in [9.17, 15) is 4.79 Å². The lowest BCUT2D eigenvalue weighted by atomic mass is 10.1. The van der Waals surface area contributed by atoms with Gasteiger partial charge in [-0.25, -0.2) is 5.84 Å². The molecule has 6 heteroatoms. The molecule has 1 saturated heterocycles. The molecule has 0 spiro atoms. The molecule has 2 rings (SSSR count). The molecular weight excluding hydrogens is 272 g/mol. The molecule has 1 aromatic rings. The third-order valence-electron chi connectivity index (χ3n) is 4.08. The Labute approximate surface area is 124 Å². The number of carbonyl (C=O) groups is 1. The summed E-state index contributed by atoms with van der Waals surface area (Å²) in [5.41, 5.74) is 3.43. The van der Waals surface area contributed by atoms with E-state index in [1.165, 1.54) is 21.8 Å². The van der Waals surface area contributed by atoms with Crippen molar-refractivity contribution in [2.45, 2.75) is 26.4 Å². The Kier molecular flexibility index (Phi) is 4.80. The first kappa shape index (κ1) is 15.4. The van der Waals surface area contributed by atoms with Crippen molar-refractivity contribution in [3.63, 3.8) is 0 Å². The lowest BCUT2D eigenvalue weighted by Crippen LogP contribution is -2.34. The normalized spacial score (nSPS) is 23.5. The fraction of sp³-hybridized carbons (Fsp3) is 0.643. The number of nitrogen functional groups attached to an aromatic ring is 1. The standard InChI is InChI=1S/C14H24N4OS/c1-9-6-18(8-12(9)17(3)4)7-11-5-13(14(19)16-15)20-10(11)2/h5,9,12H,6-8,15H2,1-4H3,(H,16,19). The van der Waals surface area contributed by atoms with Crippen LogP contribution >= 0.6 is 11.3 Å². The number of likely N-dealkylation sites (tertiary alicyclic amines) is 1. The number of aryl methyl sites for hydroxylation is 1. The Balaban J connectivity index is 2.04. The molecule has 0 aromatic carbocycles. The van der Waals surface area contributed by atoms with Crippen LogP contribution in [0.3, 0.4) is 0 Å². The van der Waals surface area contributed by atoms with Crippen LogP contribution in [-0.4, -0.2) is 48.9 Å². The highest BCUT2D eigenvalue weighted by Gasteiger charge is 2.31. The zero-order valence-corrected chi connectivity index (χ0v) is 13.5. The van der Waals surface area contributed by atoms with Gasteiger partial charge in [-0.15, -0.1) is 11.3 Å². The number of nitrogens with zero attached hydrogens (tertiary/aromatic N) is 2. The monoisotopic (exact) mass is 296 g/mol. The first-order chi connectivity index (χ1) is 9.42. The molecule has 1 aliphatic heterocycles. The fourth-order valence-electron chi connectivity index (χ4n) is 2.95. The van der Waals surface area contributed by atoms with Crippen LogP contribution in [0.1, 0.15) is 27.0 Å². The number of nitrogens with two attached hydrogens (primary N) is 1. The number of thiophene rings is 1. The summed E-state index contributed by atoms with van der Waals surface area (Å²) in [4.78, 5) is 18.2. The quantitative estimate of drug-likeness (QED) is 0.495. The first-order valence-corrected chi connectivity index (χ1v) is 7.73. The zero-order valence-electron chi connectivity index (χ0n) is 12.6. The summed E-state index contributed by atoms with van der Waals surface area (Å²) >= 11 is 1.51. The zero-order chi connectivity index (χ0) is 14.9. The number of hydrogen-bond acceptors (Lipinski definition) is 5. The van der Waals surface area contributed by atoms with E-state index in [-0.39, 0.29) is 5.91 Å². The van der Waals surface area contributed by atoms with Crippen molar-refractivity contribution >= 4 is 17.2 Å². The molecule has 2 heterocycles. The number of amides is 1. The SMILES string of the molecule is Cc1sc(C(=O)NN)cc1CN1CC(C)C(N(C)C)C1. The maximum Gasteiger partial charge on any atom is 0.275 e. The van der Waals surface area contributed by atoms with Crippen LogP contribution in [0.25, 0.3) is 0 Å². The summed E-state index contributed by atoms with van der Waals surface area (Å²) in [6.45, 7) is 7.47. The predicted octanol–water partition coefficient (Wildman–Crippen LogP) is 1.04. The molecule has 20 heavy (non-hydrogen) atoms. The second-order valence-corrected chi connectivity index (χ2v) is 7.12. The molecule has 1 fully saturated rings. The molecule has 0 bridgehead atoms. The molecule has 0 aliphatic carbocycles. The molecule has 3 N–H and O–H groups in total. The second kappa shape index (κ2) is 6.22. The average molecular weight is 296 g/mol. The first-order valence-electron chi connectivity index (χ1n) is 6.91. The van der Waals surface area contributed by atoms with Gasteiger partial charge in [0.05, 0.1) is 4.88 Å². The number of hydrogen-bond donors (Lipinski definition) is 2. The molecule has 1 aliphatic rings. The lowest BCUT2D eigenvalue weighted by molar-refractivity contribution is 0.0957. The molecule has 2 atom stereocenters. The van der Waals surface area contributed by atoms with Crippen molar-refractivity contribution in [1.29, 1.82) is 0 Å². The maximum absolute atomic E-state index is 11.6. The number of likely N-dealkylation sites (N-methyl/N-ethyl adjacent to an activating group) is 1. The van der Waals surface area contributed by atoms with Gasteiger partial charge in [0.25, 0.3) is 5.91 Å². The molecule has 2 unspecified atom stereocenters. The highest BCUT2D eigenvalue weighted by molar-refractivity contribution is 7.14. The van der Waals surface area contributed by atoms with Crippen LogP contribution in [-0.2, 0) is 6.54 Å². The Hall–Kier alpha value is -0.950. The molecule has 1 aromatic heterocycles. The Morgan fingerprint density at radius 1 is 1.55 bits per heavy atom. The van der Waals surface area contributed by atoms with Gasteiger partial charge in [0, 0.05) is 30.6 Å². The van der Waals surface area contributed by atoms with Crippen molar-refractivity contribution < 1.29 is 4.79 Å². The molecular formula is C14H24N4OS. The van der Waals surface area contributed by atoms with Gasteiger partial charge >= 0.3 is 0 Å². The minimum absolute atomic E-state index is 0.203. The van der Waals surface area contributed by atoms with E-state index >= 15 is 0 Å². The van der Waals surface area contributed by atoms with Crippen LogP contribution in [0.2, 0.25) is 0 Å². The third-order valence-corrected chi connectivity index (χ3v) is 5.17. The average Bonchev–Trinajstić information content (AvgIpc) is 2.93. The van der Waals surface area contributed by atoms with E-state index < -0.39 is 0 Å². The summed E-state index contributed by atoms with van der Waals surface area (Å²) in [6, 6.07) is 2.58. The third kappa shape index (κ3) is 3.20. The summed E-state index contributed by atoms with van der Waals surface area (Å²) in [5.74, 6) is 5.66. The van der Waals surface area contributed by atoms with Crippen LogP contribution in [0, 0.1) is 12.8 Å². The summed E-state index contributed by atoms with van der Waals surface area (Å²) in [6.07, 6.45) is 0. The van der Waals surface area contributed by atoms with Crippen molar-refractivity contribution in [2.24, 2.45) is 11.8 Å². The Bertz CT molecular complexity index is 486. The van der Waals surface area contributed by atoms with E-state index in [4.69, 9.17) is 5.84 Å². The maximum atomic E-state index is 11.6. The van der Waals surface area contributed by atoms with Gasteiger partial charge in [-0.3, -0.25) is 15.1 Å². The van der Waals surface area contributed by atoms with Gasteiger partial charge in [0.1, 0.15) is 0 Å². The largest absolute Gasteiger partial charge is 0.305 e. The smallest absolute Gasteiger partial charge is 0.275 e. The van der Waals surface area contributed by atoms with Gasteiger partial charge in [-0.2, -0.15) is 0 Å². The van der Waals surface area contributed by atoms with E-state index in [0.717, 1.165) is 19.6 Å². The minimum atomic E-state index is -0.203. The number of nitrogens with one attached hydrogen (secondary N) is 1. The van der Waals surface area contributed by atoms with Crippen molar-refractivity contribution in [1.82, 2.24) is 15.2 Å². The topological polar surface area (TPSA) is 61.6 Å². The van der Waals surface area contributed by atoms with Crippen molar-refractivity contribution in [2.75, 3.05) is 27.2 Å². The van der Waals surface area contributed by atoms with Crippen molar-refractivity contribution in [3.05, 3.63) is 21.4 Å². The summed E-state index contributed by atoms with van der Waals surface area (Å²) in [5, 5.41) is 0.